The van der Waals surface area contributed by atoms with E-state index in [9.17, 15) is 14.7 Å². The van der Waals surface area contributed by atoms with Crippen LogP contribution in [-0.4, -0.2) is 47.1 Å². The summed E-state index contributed by atoms with van der Waals surface area (Å²) in [6.45, 7) is 9.07. The Morgan fingerprint density at radius 3 is 2.83 bits per heavy atom. The minimum Gasteiger partial charge on any atom is -0.458 e. The van der Waals surface area contributed by atoms with Crippen LogP contribution >= 0.6 is 0 Å². The number of aliphatic hydroxyl groups is 1. The molecule has 23 heavy (non-hydrogen) atoms. The Kier molecular flexibility index (Phi) is 4.01. The number of carbonyl (C=O) groups excluding carboxylic acids is 2. The lowest BCUT2D eigenvalue weighted by Crippen LogP contribution is -2.46. The van der Waals surface area contributed by atoms with Gasteiger partial charge in [-0.2, -0.15) is 0 Å². The van der Waals surface area contributed by atoms with Gasteiger partial charge in [0.05, 0.1) is 17.6 Å². The quantitative estimate of drug-likeness (QED) is 0.445. The van der Waals surface area contributed by atoms with Crippen molar-refractivity contribution in [1.29, 1.82) is 0 Å². The molecule has 6 heteroatoms. The standard InChI is InChI=1S/C17H24O6/c1-8-6-5-7-17(4)15(23-17)12(19)11-9(2)16(20)22-14(11)13(8)21-10(3)18/h8,11-15,19H,2,5-7H2,1,3-4H3/t8-,11-,12-,13-,14+,15-,17-/m1/s1. The molecular formula is C17H24O6. The summed E-state index contributed by atoms with van der Waals surface area (Å²) in [6.07, 6.45) is 0.0106. The highest BCUT2D eigenvalue weighted by molar-refractivity contribution is 5.91. The van der Waals surface area contributed by atoms with Crippen molar-refractivity contribution in [3.63, 3.8) is 0 Å². The summed E-state index contributed by atoms with van der Waals surface area (Å²) in [5.41, 5.74) is -0.130. The van der Waals surface area contributed by atoms with Gasteiger partial charge in [0.15, 0.2) is 0 Å². The molecule has 0 aromatic heterocycles. The number of rotatable bonds is 1. The van der Waals surface area contributed by atoms with E-state index in [4.69, 9.17) is 14.2 Å². The van der Waals surface area contributed by atoms with E-state index in [1.165, 1.54) is 6.92 Å². The first-order valence-electron chi connectivity index (χ1n) is 8.17. The molecule has 128 valence electrons. The van der Waals surface area contributed by atoms with E-state index in [0.29, 0.717) is 0 Å². The van der Waals surface area contributed by atoms with Crippen LogP contribution in [0.3, 0.4) is 0 Å². The van der Waals surface area contributed by atoms with Gasteiger partial charge in [-0.05, 0) is 25.7 Å². The summed E-state index contributed by atoms with van der Waals surface area (Å²) in [6, 6.07) is 0. The van der Waals surface area contributed by atoms with Crippen molar-refractivity contribution in [2.75, 3.05) is 0 Å². The molecule has 2 saturated heterocycles. The van der Waals surface area contributed by atoms with Crippen LogP contribution in [0, 0.1) is 11.8 Å². The molecule has 0 aromatic carbocycles. The zero-order valence-corrected chi connectivity index (χ0v) is 13.8. The fourth-order valence-electron chi connectivity index (χ4n) is 3.99. The molecule has 2 heterocycles. The Morgan fingerprint density at radius 2 is 2.17 bits per heavy atom. The Morgan fingerprint density at radius 1 is 1.48 bits per heavy atom. The number of ether oxygens (including phenoxy) is 3. The van der Waals surface area contributed by atoms with Crippen LogP contribution in [0.5, 0.6) is 0 Å². The second-order valence-electron chi connectivity index (χ2n) is 7.21. The maximum Gasteiger partial charge on any atom is 0.334 e. The van der Waals surface area contributed by atoms with Crippen molar-refractivity contribution < 1.29 is 28.9 Å². The minimum atomic E-state index is -0.896. The fraction of sp³-hybridized carbons (Fsp3) is 0.765. The number of fused-ring (bicyclic) bond motifs is 2. The number of hydrogen-bond donors (Lipinski definition) is 1. The highest BCUT2D eigenvalue weighted by Gasteiger charge is 2.62. The van der Waals surface area contributed by atoms with Crippen LogP contribution in [0.15, 0.2) is 12.2 Å². The van der Waals surface area contributed by atoms with E-state index < -0.39 is 36.2 Å². The molecular weight excluding hydrogens is 300 g/mol. The van der Waals surface area contributed by atoms with Crippen LogP contribution in [0.4, 0.5) is 0 Å². The van der Waals surface area contributed by atoms with E-state index in [0.717, 1.165) is 19.3 Å². The van der Waals surface area contributed by atoms with Crippen molar-refractivity contribution in [2.24, 2.45) is 11.8 Å². The van der Waals surface area contributed by atoms with Crippen molar-refractivity contribution in [3.05, 3.63) is 12.2 Å². The largest absolute Gasteiger partial charge is 0.458 e. The average Bonchev–Trinajstić information content (AvgIpc) is 3.05. The number of carbonyl (C=O) groups is 2. The topological polar surface area (TPSA) is 85.4 Å². The first-order valence-corrected chi connectivity index (χ1v) is 8.17. The monoisotopic (exact) mass is 324 g/mol. The van der Waals surface area contributed by atoms with Crippen LogP contribution in [0.2, 0.25) is 0 Å². The van der Waals surface area contributed by atoms with Crippen LogP contribution in [-0.2, 0) is 23.8 Å². The predicted molar refractivity (Wildman–Crippen MR) is 80.4 cm³/mol. The molecule has 0 spiro atoms. The van der Waals surface area contributed by atoms with Gasteiger partial charge in [0.2, 0.25) is 0 Å². The smallest absolute Gasteiger partial charge is 0.334 e. The Hall–Kier alpha value is -1.40. The van der Waals surface area contributed by atoms with Gasteiger partial charge < -0.3 is 19.3 Å². The fourth-order valence-corrected chi connectivity index (χ4v) is 3.99. The number of aliphatic hydroxyl groups excluding tert-OH is 1. The molecule has 1 N–H and O–H groups in total. The molecule has 1 saturated carbocycles. The Bertz CT molecular complexity index is 543. The number of hydrogen-bond acceptors (Lipinski definition) is 6. The Labute approximate surface area is 135 Å². The van der Waals surface area contributed by atoms with Gasteiger partial charge in [0, 0.05) is 12.5 Å². The van der Waals surface area contributed by atoms with Crippen LogP contribution in [0.25, 0.3) is 0 Å². The van der Waals surface area contributed by atoms with E-state index in [2.05, 4.69) is 6.58 Å². The zero-order valence-electron chi connectivity index (χ0n) is 13.8. The van der Waals surface area contributed by atoms with E-state index in [1.54, 1.807) is 0 Å². The molecule has 6 nitrogen and oxygen atoms in total. The molecule has 0 aromatic rings. The first-order chi connectivity index (χ1) is 10.7. The van der Waals surface area contributed by atoms with Gasteiger partial charge >= 0.3 is 11.9 Å². The molecule has 7 atom stereocenters. The summed E-state index contributed by atoms with van der Waals surface area (Å²) >= 11 is 0. The molecule has 3 fully saturated rings. The lowest BCUT2D eigenvalue weighted by atomic mass is 9.78. The molecule has 0 bridgehead atoms. The second-order valence-corrected chi connectivity index (χ2v) is 7.21. The van der Waals surface area contributed by atoms with Crippen molar-refractivity contribution in [3.8, 4) is 0 Å². The SMILES string of the molecule is C=C1C(=O)O[C@@H]2[C@H](OC(C)=O)[C@H](C)CCC[C@@]3(C)O[C@@H]3[C@H](O)[C@@H]12. The Balaban J connectivity index is 1.94. The molecule has 2 aliphatic heterocycles. The van der Waals surface area contributed by atoms with Gasteiger partial charge in [-0.3, -0.25) is 4.79 Å². The summed E-state index contributed by atoms with van der Waals surface area (Å²) in [4.78, 5) is 23.5. The average molecular weight is 324 g/mol. The lowest BCUT2D eigenvalue weighted by molar-refractivity contribution is -0.167. The third-order valence-electron chi connectivity index (χ3n) is 5.40. The maximum absolute atomic E-state index is 12.0. The normalized spacial score (nSPS) is 46.4. The molecule has 1 aliphatic carbocycles. The van der Waals surface area contributed by atoms with Gasteiger partial charge in [-0.1, -0.05) is 19.9 Å². The van der Waals surface area contributed by atoms with Crippen molar-refractivity contribution >= 4 is 11.9 Å². The summed E-state index contributed by atoms with van der Waals surface area (Å²) in [5, 5.41) is 10.7. The third kappa shape index (κ3) is 2.78. The number of epoxide rings is 1. The molecule has 0 amide bonds. The van der Waals surface area contributed by atoms with Crippen molar-refractivity contribution in [1.82, 2.24) is 0 Å². The first kappa shape index (κ1) is 16.5. The summed E-state index contributed by atoms with van der Waals surface area (Å²) < 4.78 is 16.6. The van der Waals surface area contributed by atoms with E-state index in [-0.39, 0.29) is 23.2 Å². The highest BCUT2D eigenvalue weighted by atomic mass is 16.6. The lowest BCUT2D eigenvalue weighted by Gasteiger charge is -2.33. The maximum atomic E-state index is 12.0. The van der Waals surface area contributed by atoms with E-state index in [1.807, 2.05) is 13.8 Å². The zero-order chi connectivity index (χ0) is 16.9. The number of esters is 2. The van der Waals surface area contributed by atoms with Crippen LogP contribution < -0.4 is 0 Å². The minimum absolute atomic E-state index is 0.0104. The summed E-state index contributed by atoms with van der Waals surface area (Å²) in [5.74, 6) is -1.56. The van der Waals surface area contributed by atoms with Gasteiger partial charge in [-0.25, -0.2) is 4.79 Å². The second kappa shape index (κ2) is 5.60. The molecule has 3 aliphatic rings. The summed E-state index contributed by atoms with van der Waals surface area (Å²) in [7, 11) is 0. The molecule has 0 unspecified atom stereocenters. The van der Waals surface area contributed by atoms with Crippen LogP contribution in [0.1, 0.15) is 40.0 Å². The van der Waals surface area contributed by atoms with Gasteiger partial charge in [0.1, 0.15) is 18.3 Å². The van der Waals surface area contributed by atoms with Gasteiger partial charge in [0.25, 0.3) is 0 Å². The third-order valence-corrected chi connectivity index (χ3v) is 5.40. The molecule has 0 radical (unpaired) electrons. The molecule has 3 rings (SSSR count). The predicted octanol–water partition coefficient (Wildman–Crippen LogP) is 1.35. The van der Waals surface area contributed by atoms with Gasteiger partial charge in [-0.15, -0.1) is 0 Å². The van der Waals surface area contributed by atoms with E-state index >= 15 is 0 Å². The highest BCUT2D eigenvalue weighted by Crippen LogP contribution is 2.49. The van der Waals surface area contributed by atoms with Crippen molar-refractivity contribution in [2.45, 2.75) is 70.1 Å².